The lowest BCUT2D eigenvalue weighted by Gasteiger charge is -1.99. The van der Waals surface area contributed by atoms with E-state index in [1.54, 1.807) is 12.4 Å². The molecule has 0 unspecified atom stereocenters. The van der Waals surface area contributed by atoms with E-state index < -0.39 is 0 Å². The number of nitrogens with zero attached hydrogens (tertiary/aromatic N) is 1. The van der Waals surface area contributed by atoms with Crippen molar-refractivity contribution in [2.24, 2.45) is 0 Å². The summed E-state index contributed by atoms with van der Waals surface area (Å²) in [5, 5.41) is 5.06. The molecule has 2 heterocycles. The molecule has 0 aliphatic rings. The van der Waals surface area contributed by atoms with Crippen LogP contribution < -0.4 is 0 Å². The summed E-state index contributed by atoms with van der Waals surface area (Å²) in [6, 6.07) is 12.0. The van der Waals surface area contributed by atoms with Crippen LogP contribution >= 0.6 is 11.6 Å². The van der Waals surface area contributed by atoms with Crippen LogP contribution in [0.3, 0.4) is 0 Å². The van der Waals surface area contributed by atoms with Gasteiger partial charge < -0.3 is 4.42 Å². The van der Waals surface area contributed by atoms with Crippen molar-refractivity contribution in [1.29, 1.82) is 0 Å². The van der Waals surface area contributed by atoms with Crippen LogP contribution in [-0.4, -0.2) is 4.98 Å². The molecule has 0 amide bonds. The molecule has 0 aliphatic heterocycles. The van der Waals surface area contributed by atoms with Crippen LogP contribution in [0.25, 0.3) is 32.7 Å². The third-order valence-electron chi connectivity index (χ3n) is 3.22. The molecular formula is C15H8ClNO. The first-order valence-corrected chi connectivity index (χ1v) is 6.05. The van der Waals surface area contributed by atoms with E-state index in [0.717, 1.165) is 32.7 Å². The van der Waals surface area contributed by atoms with Gasteiger partial charge in [0, 0.05) is 27.4 Å². The first-order chi connectivity index (χ1) is 8.83. The van der Waals surface area contributed by atoms with Gasteiger partial charge in [0.2, 0.25) is 0 Å². The summed E-state index contributed by atoms with van der Waals surface area (Å²) >= 11 is 6.06. The maximum Gasteiger partial charge on any atom is 0.153 e. The fourth-order valence-corrected chi connectivity index (χ4v) is 2.55. The number of halogens is 1. The van der Waals surface area contributed by atoms with E-state index in [2.05, 4.69) is 17.1 Å². The number of hydrogen-bond acceptors (Lipinski definition) is 2. The average Bonchev–Trinajstić information content (AvgIpc) is 2.78. The largest absolute Gasteiger partial charge is 0.454 e. The van der Waals surface area contributed by atoms with Crippen molar-refractivity contribution in [3.05, 3.63) is 53.8 Å². The van der Waals surface area contributed by atoms with Crippen molar-refractivity contribution in [3.63, 3.8) is 0 Å². The molecule has 0 saturated carbocycles. The number of benzene rings is 2. The van der Waals surface area contributed by atoms with Crippen LogP contribution in [0.15, 0.2) is 53.2 Å². The Bertz CT molecular complexity index is 895. The third-order valence-corrected chi connectivity index (χ3v) is 3.46. The number of pyridine rings is 1. The van der Waals surface area contributed by atoms with Gasteiger partial charge in [0.25, 0.3) is 0 Å². The summed E-state index contributed by atoms with van der Waals surface area (Å²) in [5.74, 6) is 0. The number of hydrogen-bond donors (Lipinski definition) is 0. The van der Waals surface area contributed by atoms with Crippen LogP contribution in [0.5, 0.6) is 0 Å². The van der Waals surface area contributed by atoms with E-state index in [9.17, 15) is 0 Å². The number of rotatable bonds is 0. The lowest BCUT2D eigenvalue weighted by Crippen LogP contribution is -1.74. The molecule has 2 nitrogen and oxygen atoms in total. The lowest BCUT2D eigenvalue weighted by molar-refractivity contribution is 0.670. The Morgan fingerprint density at radius 2 is 1.83 bits per heavy atom. The van der Waals surface area contributed by atoms with Gasteiger partial charge in [-0.25, -0.2) is 0 Å². The maximum atomic E-state index is 6.06. The quantitative estimate of drug-likeness (QED) is 0.450. The zero-order valence-electron chi connectivity index (χ0n) is 9.35. The van der Waals surface area contributed by atoms with E-state index in [4.69, 9.17) is 16.0 Å². The highest BCUT2D eigenvalue weighted by atomic mass is 35.5. The Balaban J connectivity index is 2.31. The van der Waals surface area contributed by atoms with Gasteiger partial charge in [-0.1, -0.05) is 23.7 Å². The van der Waals surface area contributed by atoms with Crippen LogP contribution in [0, 0.1) is 0 Å². The van der Waals surface area contributed by atoms with E-state index in [0.29, 0.717) is 5.02 Å². The first kappa shape index (κ1) is 9.92. The van der Waals surface area contributed by atoms with Gasteiger partial charge in [-0.15, -0.1) is 0 Å². The number of furan rings is 1. The van der Waals surface area contributed by atoms with Gasteiger partial charge in [0.05, 0.1) is 6.20 Å². The second-order valence-electron chi connectivity index (χ2n) is 4.28. The average molecular weight is 254 g/mol. The molecule has 0 bridgehead atoms. The third kappa shape index (κ3) is 1.27. The molecule has 4 aromatic rings. The normalized spacial score (nSPS) is 11.6. The molecule has 0 radical (unpaired) electrons. The van der Waals surface area contributed by atoms with Crippen molar-refractivity contribution < 1.29 is 4.42 Å². The molecule has 0 aliphatic carbocycles. The SMILES string of the molecule is Clc1ccc2ccc3c4ccncc4oc3c2c1. The first-order valence-electron chi connectivity index (χ1n) is 5.67. The molecule has 2 aromatic heterocycles. The minimum atomic E-state index is 0.716. The van der Waals surface area contributed by atoms with Crippen molar-refractivity contribution in [1.82, 2.24) is 4.98 Å². The summed E-state index contributed by atoms with van der Waals surface area (Å²) in [4.78, 5) is 4.09. The van der Waals surface area contributed by atoms with Crippen molar-refractivity contribution in [3.8, 4) is 0 Å². The zero-order valence-corrected chi connectivity index (χ0v) is 10.1. The minimum Gasteiger partial charge on any atom is -0.454 e. The summed E-state index contributed by atoms with van der Waals surface area (Å²) in [6.07, 6.45) is 3.52. The van der Waals surface area contributed by atoms with Gasteiger partial charge in [-0.05, 0) is 29.7 Å². The highest BCUT2D eigenvalue weighted by Gasteiger charge is 2.09. The van der Waals surface area contributed by atoms with E-state index in [1.165, 1.54) is 0 Å². The van der Waals surface area contributed by atoms with E-state index >= 15 is 0 Å². The topological polar surface area (TPSA) is 26.0 Å². The fourth-order valence-electron chi connectivity index (χ4n) is 2.38. The standard InChI is InChI=1S/C15H8ClNO/c16-10-3-1-9-2-4-12-11-5-6-17-8-14(11)18-15(12)13(9)7-10/h1-8H. The Labute approximate surface area is 108 Å². The van der Waals surface area contributed by atoms with Gasteiger partial charge in [-0.2, -0.15) is 0 Å². The van der Waals surface area contributed by atoms with Gasteiger partial charge >= 0.3 is 0 Å². The number of aromatic nitrogens is 1. The van der Waals surface area contributed by atoms with Crippen LogP contribution in [0.2, 0.25) is 5.02 Å². The summed E-state index contributed by atoms with van der Waals surface area (Å²) in [6.45, 7) is 0. The molecule has 86 valence electrons. The Hall–Kier alpha value is -2.06. The van der Waals surface area contributed by atoms with Crippen molar-refractivity contribution >= 4 is 44.3 Å². The summed E-state index contributed by atoms with van der Waals surface area (Å²) < 4.78 is 5.90. The summed E-state index contributed by atoms with van der Waals surface area (Å²) in [5.41, 5.74) is 1.68. The van der Waals surface area contributed by atoms with Crippen LogP contribution in [-0.2, 0) is 0 Å². The molecule has 18 heavy (non-hydrogen) atoms. The van der Waals surface area contributed by atoms with Crippen molar-refractivity contribution in [2.75, 3.05) is 0 Å². The Morgan fingerprint density at radius 1 is 0.944 bits per heavy atom. The van der Waals surface area contributed by atoms with E-state index in [1.807, 2.05) is 24.3 Å². The molecular weight excluding hydrogens is 246 g/mol. The highest BCUT2D eigenvalue weighted by molar-refractivity contribution is 6.32. The molecule has 0 atom stereocenters. The van der Waals surface area contributed by atoms with E-state index in [-0.39, 0.29) is 0 Å². The second-order valence-corrected chi connectivity index (χ2v) is 4.72. The molecule has 2 aromatic carbocycles. The second kappa shape index (κ2) is 3.47. The van der Waals surface area contributed by atoms with Crippen molar-refractivity contribution in [2.45, 2.75) is 0 Å². The van der Waals surface area contributed by atoms with Gasteiger partial charge in [-0.3, -0.25) is 4.98 Å². The fraction of sp³-hybridized carbons (Fsp3) is 0. The predicted molar refractivity (Wildman–Crippen MR) is 74.0 cm³/mol. The predicted octanol–water partition coefficient (Wildman–Crippen LogP) is 4.79. The van der Waals surface area contributed by atoms with Crippen LogP contribution in [0.1, 0.15) is 0 Å². The molecule has 0 spiro atoms. The smallest absolute Gasteiger partial charge is 0.153 e. The molecule has 0 fully saturated rings. The highest BCUT2D eigenvalue weighted by Crippen LogP contribution is 2.34. The van der Waals surface area contributed by atoms with Gasteiger partial charge in [0.1, 0.15) is 5.58 Å². The van der Waals surface area contributed by atoms with Crippen LogP contribution in [0.4, 0.5) is 0 Å². The molecule has 0 saturated heterocycles. The maximum absolute atomic E-state index is 6.06. The Kier molecular flexibility index (Phi) is 1.91. The summed E-state index contributed by atoms with van der Waals surface area (Å²) in [7, 11) is 0. The lowest BCUT2D eigenvalue weighted by atomic mass is 10.1. The van der Waals surface area contributed by atoms with Gasteiger partial charge in [0.15, 0.2) is 5.58 Å². The Morgan fingerprint density at radius 3 is 2.78 bits per heavy atom. The zero-order chi connectivity index (χ0) is 12.1. The molecule has 0 N–H and O–H groups in total. The monoisotopic (exact) mass is 253 g/mol. The molecule has 4 rings (SSSR count). The minimum absolute atomic E-state index is 0.716. The number of fused-ring (bicyclic) bond motifs is 5. The molecule has 3 heteroatoms.